The van der Waals surface area contributed by atoms with Crippen LogP contribution in [0.1, 0.15) is 23.9 Å². The van der Waals surface area contributed by atoms with E-state index in [0.717, 1.165) is 40.2 Å². The van der Waals surface area contributed by atoms with Crippen LogP contribution in [0.5, 0.6) is 0 Å². The first-order valence-corrected chi connectivity index (χ1v) is 6.60. The van der Waals surface area contributed by atoms with Gasteiger partial charge in [0.1, 0.15) is 5.82 Å². The van der Waals surface area contributed by atoms with Crippen LogP contribution in [0.4, 0.5) is 0 Å². The van der Waals surface area contributed by atoms with Gasteiger partial charge in [0.15, 0.2) is 0 Å². The molecule has 0 unspecified atom stereocenters. The minimum atomic E-state index is 0.897. The molecular formula is C16H17N3. The van der Waals surface area contributed by atoms with E-state index < -0.39 is 0 Å². The maximum atomic E-state index is 4.65. The normalized spacial score (nSPS) is 11.1. The highest BCUT2D eigenvalue weighted by Crippen LogP contribution is 2.23. The average molecular weight is 251 g/mol. The van der Waals surface area contributed by atoms with Crippen molar-refractivity contribution >= 4 is 11.0 Å². The molecule has 0 spiro atoms. The van der Waals surface area contributed by atoms with Gasteiger partial charge < -0.3 is 4.98 Å². The van der Waals surface area contributed by atoms with Crippen molar-refractivity contribution < 1.29 is 0 Å². The van der Waals surface area contributed by atoms with Gasteiger partial charge in [0.05, 0.1) is 11.0 Å². The Bertz CT molecular complexity index is 741. The number of hydrogen-bond donors (Lipinski definition) is 1. The largest absolute Gasteiger partial charge is 0.338 e. The van der Waals surface area contributed by atoms with Crippen molar-refractivity contribution in [1.82, 2.24) is 15.0 Å². The number of H-pyrrole nitrogens is 1. The minimum absolute atomic E-state index is 0.897. The summed E-state index contributed by atoms with van der Waals surface area (Å²) in [7, 11) is 0. The smallest absolute Gasteiger partial charge is 0.140 e. The molecule has 0 fully saturated rings. The molecule has 2 heterocycles. The Labute approximate surface area is 112 Å². The van der Waals surface area contributed by atoms with E-state index in [1.807, 2.05) is 19.9 Å². The van der Waals surface area contributed by atoms with Crippen molar-refractivity contribution in [3.05, 3.63) is 47.3 Å². The molecule has 0 radical (unpaired) electrons. The van der Waals surface area contributed by atoms with E-state index in [-0.39, 0.29) is 0 Å². The molecule has 0 atom stereocenters. The van der Waals surface area contributed by atoms with E-state index in [2.05, 4.69) is 46.1 Å². The van der Waals surface area contributed by atoms with Crippen LogP contribution >= 0.6 is 0 Å². The van der Waals surface area contributed by atoms with Gasteiger partial charge in [-0.15, -0.1) is 0 Å². The van der Waals surface area contributed by atoms with Crippen LogP contribution in [0.15, 0.2) is 30.3 Å². The molecule has 0 aliphatic heterocycles. The Kier molecular flexibility index (Phi) is 2.82. The van der Waals surface area contributed by atoms with Gasteiger partial charge in [-0.25, -0.2) is 4.98 Å². The van der Waals surface area contributed by atoms with Gasteiger partial charge in [0, 0.05) is 17.0 Å². The van der Waals surface area contributed by atoms with Gasteiger partial charge >= 0.3 is 0 Å². The second-order valence-electron chi connectivity index (χ2n) is 4.88. The van der Waals surface area contributed by atoms with Crippen molar-refractivity contribution in [2.75, 3.05) is 0 Å². The van der Waals surface area contributed by atoms with Crippen LogP contribution in [0.25, 0.3) is 22.4 Å². The van der Waals surface area contributed by atoms with Gasteiger partial charge in [-0.3, -0.25) is 4.98 Å². The fourth-order valence-corrected chi connectivity index (χ4v) is 2.34. The quantitative estimate of drug-likeness (QED) is 0.752. The lowest BCUT2D eigenvalue weighted by atomic mass is 10.1. The van der Waals surface area contributed by atoms with Gasteiger partial charge in [-0.2, -0.15) is 0 Å². The van der Waals surface area contributed by atoms with Crippen LogP contribution in [-0.4, -0.2) is 15.0 Å². The SMILES string of the molecule is CCc1ccc2nc(-c3ccc(C)nc3C)[nH]c2c1. The number of nitrogens with one attached hydrogen (secondary N) is 1. The molecule has 1 aromatic carbocycles. The van der Waals surface area contributed by atoms with E-state index in [4.69, 9.17) is 0 Å². The summed E-state index contributed by atoms with van der Waals surface area (Å²) in [5.74, 6) is 0.897. The lowest BCUT2D eigenvalue weighted by Gasteiger charge is -2.02. The molecule has 3 rings (SSSR count). The zero-order valence-electron chi connectivity index (χ0n) is 11.5. The molecule has 0 aliphatic carbocycles. The number of hydrogen-bond acceptors (Lipinski definition) is 2. The molecule has 0 saturated carbocycles. The lowest BCUT2D eigenvalue weighted by Crippen LogP contribution is -1.91. The standard InChI is InChI=1S/C16H17N3/c1-4-12-6-8-14-15(9-12)19-16(18-14)13-7-5-10(2)17-11(13)3/h5-9H,4H2,1-3H3,(H,18,19). The summed E-state index contributed by atoms with van der Waals surface area (Å²) >= 11 is 0. The number of imidazole rings is 1. The van der Waals surface area contributed by atoms with Crippen molar-refractivity contribution in [3.8, 4) is 11.4 Å². The van der Waals surface area contributed by atoms with E-state index in [9.17, 15) is 0 Å². The number of aromatic nitrogens is 3. The Morgan fingerprint density at radius 2 is 1.89 bits per heavy atom. The molecule has 2 aromatic heterocycles. The van der Waals surface area contributed by atoms with Crippen molar-refractivity contribution in [2.45, 2.75) is 27.2 Å². The molecule has 0 bridgehead atoms. The lowest BCUT2D eigenvalue weighted by molar-refractivity contribution is 1.11. The first kappa shape index (κ1) is 11.9. The topological polar surface area (TPSA) is 41.6 Å². The summed E-state index contributed by atoms with van der Waals surface area (Å²) in [5, 5.41) is 0. The fourth-order valence-electron chi connectivity index (χ4n) is 2.34. The summed E-state index contributed by atoms with van der Waals surface area (Å²) in [4.78, 5) is 12.5. The number of benzene rings is 1. The molecule has 1 N–H and O–H groups in total. The Morgan fingerprint density at radius 1 is 1.05 bits per heavy atom. The molecule has 3 heteroatoms. The van der Waals surface area contributed by atoms with Crippen LogP contribution < -0.4 is 0 Å². The molecule has 96 valence electrons. The maximum absolute atomic E-state index is 4.65. The predicted octanol–water partition coefficient (Wildman–Crippen LogP) is 3.80. The number of aryl methyl sites for hydroxylation is 3. The molecule has 0 saturated heterocycles. The van der Waals surface area contributed by atoms with Crippen molar-refractivity contribution in [3.63, 3.8) is 0 Å². The average Bonchev–Trinajstić information content (AvgIpc) is 2.80. The minimum Gasteiger partial charge on any atom is -0.338 e. The summed E-state index contributed by atoms with van der Waals surface area (Å²) in [6.07, 6.45) is 1.04. The summed E-state index contributed by atoms with van der Waals surface area (Å²) in [5.41, 5.74) is 6.53. The van der Waals surface area contributed by atoms with Gasteiger partial charge in [-0.05, 0) is 50.1 Å². The number of pyridine rings is 1. The summed E-state index contributed by atoms with van der Waals surface area (Å²) in [6, 6.07) is 10.5. The molecule has 0 aliphatic rings. The first-order valence-electron chi connectivity index (χ1n) is 6.60. The monoisotopic (exact) mass is 251 g/mol. The molecular weight excluding hydrogens is 234 g/mol. The highest BCUT2D eigenvalue weighted by molar-refractivity contribution is 5.80. The van der Waals surface area contributed by atoms with Gasteiger partial charge in [-0.1, -0.05) is 13.0 Å². The maximum Gasteiger partial charge on any atom is 0.140 e. The third kappa shape index (κ3) is 2.12. The van der Waals surface area contributed by atoms with E-state index in [0.29, 0.717) is 0 Å². The summed E-state index contributed by atoms with van der Waals surface area (Å²) in [6.45, 7) is 6.18. The van der Waals surface area contributed by atoms with E-state index >= 15 is 0 Å². The van der Waals surface area contributed by atoms with Crippen LogP contribution in [-0.2, 0) is 6.42 Å². The Morgan fingerprint density at radius 3 is 2.63 bits per heavy atom. The molecule has 0 amide bonds. The number of rotatable bonds is 2. The number of fused-ring (bicyclic) bond motifs is 1. The Hall–Kier alpha value is -2.16. The number of aromatic amines is 1. The van der Waals surface area contributed by atoms with Gasteiger partial charge in [0.2, 0.25) is 0 Å². The third-order valence-electron chi connectivity index (χ3n) is 3.43. The zero-order chi connectivity index (χ0) is 13.4. The molecule has 3 aromatic rings. The second-order valence-corrected chi connectivity index (χ2v) is 4.88. The summed E-state index contributed by atoms with van der Waals surface area (Å²) < 4.78 is 0. The van der Waals surface area contributed by atoms with Gasteiger partial charge in [0.25, 0.3) is 0 Å². The number of nitrogens with zero attached hydrogens (tertiary/aromatic N) is 2. The van der Waals surface area contributed by atoms with Crippen LogP contribution in [0, 0.1) is 13.8 Å². The third-order valence-corrected chi connectivity index (χ3v) is 3.43. The predicted molar refractivity (Wildman–Crippen MR) is 78.2 cm³/mol. The highest BCUT2D eigenvalue weighted by atomic mass is 14.9. The van der Waals surface area contributed by atoms with E-state index in [1.54, 1.807) is 0 Å². The van der Waals surface area contributed by atoms with Crippen LogP contribution in [0.2, 0.25) is 0 Å². The molecule has 19 heavy (non-hydrogen) atoms. The first-order chi connectivity index (χ1) is 9.17. The van der Waals surface area contributed by atoms with Crippen molar-refractivity contribution in [2.24, 2.45) is 0 Å². The van der Waals surface area contributed by atoms with Crippen molar-refractivity contribution in [1.29, 1.82) is 0 Å². The molecule has 3 nitrogen and oxygen atoms in total. The fraction of sp³-hybridized carbons (Fsp3) is 0.250. The Balaban J connectivity index is 2.14. The van der Waals surface area contributed by atoms with E-state index in [1.165, 1.54) is 5.56 Å². The second kappa shape index (κ2) is 4.50. The zero-order valence-corrected chi connectivity index (χ0v) is 11.5. The highest BCUT2D eigenvalue weighted by Gasteiger charge is 2.09. The van der Waals surface area contributed by atoms with Crippen LogP contribution in [0.3, 0.4) is 0 Å².